The van der Waals surface area contributed by atoms with Crippen molar-refractivity contribution in [1.82, 2.24) is 9.96 Å². The number of aliphatic hydroxyl groups excluding tert-OH is 2. The number of primary amides is 1. The molecule has 0 aromatic heterocycles. The molecule has 3 aliphatic carbocycles. The molecule has 0 radical (unpaired) electrons. The minimum absolute atomic E-state index is 0.0426. The molecule has 11 nitrogen and oxygen atoms in total. The van der Waals surface area contributed by atoms with E-state index >= 15 is 0 Å². The Morgan fingerprint density at radius 1 is 1.20 bits per heavy atom. The molecule has 1 amide bonds. The highest BCUT2D eigenvalue weighted by atomic mass is 16.7. The van der Waals surface area contributed by atoms with Crippen molar-refractivity contribution in [1.29, 1.82) is 0 Å². The third-order valence-electron chi connectivity index (χ3n) is 7.41. The molecule has 1 saturated carbocycles. The van der Waals surface area contributed by atoms with Crippen LogP contribution in [0.25, 0.3) is 5.76 Å². The van der Waals surface area contributed by atoms with Gasteiger partial charge in [-0.25, -0.2) is 0 Å². The zero-order chi connectivity index (χ0) is 26.0. The van der Waals surface area contributed by atoms with Gasteiger partial charge in [-0.15, -0.1) is 0 Å². The summed E-state index contributed by atoms with van der Waals surface area (Å²) in [5.74, 6) is -6.68. The van der Waals surface area contributed by atoms with Crippen molar-refractivity contribution in [3.05, 3.63) is 45.7 Å². The van der Waals surface area contributed by atoms with Crippen LogP contribution in [0.3, 0.4) is 0 Å². The molecule has 0 spiro atoms. The molecule has 35 heavy (non-hydrogen) atoms. The third kappa shape index (κ3) is 3.46. The van der Waals surface area contributed by atoms with Gasteiger partial charge in [0.2, 0.25) is 5.78 Å². The molecule has 11 heteroatoms. The molecule has 0 heterocycles. The van der Waals surface area contributed by atoms with E-state index in [4.69, 9.17) is 10.6 Å². The van der Waals surface area contributed by atoms with Gasteiger partial charge in [0.05, 0.1) is 18.7 Å². The lowest BCUT2D eigenvalue weighted by atomic mass is 9.57. The molecule has 1 aromatic rings. The van der Waals surface area contributed by atoms with Crippen molar-refractivity contribution >= 4 is 23.2 Å². The molecule has 4 rings (SSSR count). The van der Waals surface area contributed by atoms with Gasteiger partial charge < -0.3 is 31.0 Å². The van der Waals surface area contributed by atoms with Crippen molar-refractivity contribution < 1.29 is 39.6 Å². The molecule has 188 valence electrons. The van der Waals surface area contributed by atoms with Gasteiger partial charge in [-0.3, -0.25) is 19.3 Å². The number of carbonyl (C=O) groups is 3. The van der Waals surface area contributed by atoms with Crippen molar-refractivity contribution in [2.75, 3.05) is 28.3 Å². The van der Waals surface area contributed by atoms with Crippen LogP contribution < -0.4 is 5.73 Å². The Hall–Kier alpha value is -3.25. The number of aromatic hydroxyl groups is 1. The number of phenols is 1. The number of carbonyl (C=O) groups excluding carboxylic acids is 3. The maximum absolute atomic E-state index is 13.8. The molecule has 4 atom stereocenters. The number of amides is 1. The van der Waals surface area contributed by atoms with E-state index in [2.05, 4.69) is 0 Å². The average molecular weight is 488 g/mol. The van der Waals surface area contributed by atoms with Gasteiger partial charge in [0, 0.05) is 25.1 Å². The summed E-state index contributed by atoms with van der Waals surface area (Å²) in [7, 11) is 6.34. The van der Waals surface area contributed by atoms with Gasteiger partial charge in [0.15, 0.2) is 11.4 Å². The van der Waals surface area contributed by atoms with E-state index in [1.807, 2.05) is 0 Å². The van der Waals surface area contributed by atoms with Gasteiger partial charge in [0.1, 0.15) is 22.8 Å². The van der Waals surface area contributed by atoms with Crippen LogP contribution in [0.2, 0.25) is 0 Å². The standard InChI is InChI=1S/C24H29N3O8/c1-26(2)18-13-8-11-7-12-10(9-27(3)35-4)5-6-14(28)16(12)19(29)15(11)21(31)24(13,34)22(32)17(20(18)30)23(25)33/h5-6,11,13,18,28-29,32,34H,7-9H2,1-4H3,(H2,25,33)/t11-,13-,18+,24-/m1/s1. The highest BCUT2D eigenvalue weighted by molar-refractivity contribution is 6.24. The first kappa shape index (κ1) is 24.9. The Bertz CT molecular complexity index is 1200. The Kier molecular flexibility index (Phi) is 6.00. The number of rotatable bonds is 5. The predicted octanol–water partition coefficient (Wildman–Crippen LogP) is -0.0428. The van der Waals surface area contributed by atoms with Crippen molar-refractivity contribution in [2.24, 2.45) is 17.6 Å². The number of benzene rings is 1. The number of phenolic OH excluding ortho intramolecular Hbond substituents is 1. The summed E-state index contributed by atoms with van der Waals surface area (Å²) in [6, 6.07) is 1.98. The highest BCUT2D eigenvalue weighted by Crippen LogP contribution is 2.52. The summed E-state index contributed by atoms with van der Waals surface area (Å²) >= 11 is 0. The maximum Gasteiger partial charge on any atom is 0.255 e. The number of likely N-dealkylation sites (N-methyl/N-ethyl adjacent to an activating group) is 1. The second-order valence-corrected chi connectivity index (χ2v) is 9.53. The van der Waals surface area contributed by atoms with Crippen LogP contribution in [0.1, 0.15) is 23.1 Å². The average Bonchev–Trinajstić information content (AvgIpc) is 2.77. The van der Waals surface area contributed by atoms with Gasteiger partial charge in [-0.05, 0) is 50.0 Å². The second kappa shape index (κ2) is 8.45. The number of ketones is 2. The first-order valence-corrected chi connectivity index (χ1v) is 11.1. The van der Waals surface area contributed by atoms with Gasteiger partial charge in [0.25, 0.3) is 5.91 Å². The van der Waals surface area contributed by atoms with E-state index in [9.17, 15) is 34.8 Å². The molecule has 1 aromatic carbocycles. The number of hydrogen-bond acceptors (Lipinski definition) is 10. The van der Waals surface area contributed by atoms with Gasteiger partial charge in [-0.2, -0.15) is 5.06 Å². The van der Waals surface area contributed by atoms with Gasteiger partial charge in [-0.1, -0.05) is 6.07 Å². The largest absolute Gasteiger partial charge is 0.508 e. The number of hydroxylamine groups is 2. The minimum atomic E-state index is -2.64. The first-order chi connectivity index (χ1) is 16.4. The number of fused-ring (bicyclic) bond motifs is 3. The zero-order valence-corrected chi connectivity index (χ0v) is 19.9. The van der Waals surface area contributed by atoms with Crippen molar-refractivity contribution in [2.45, 2.75) is 31.0 Å². The Morgan fingerprint density at radius 3 is 2.43 bits per heavy atom. The lowest BCUT2D eigenvalue weighted by Gasteiger charge is -2.50. The van der Waals surface area contributed by atoms with Crippen LogP contribution >= 0.6 is 0 Å². The predicted molar refractivity (Wildman–Crippen MR) is 123 cm³/mol. The summed E-state index contributed by atoms with van der Waals surface area (Å²) < 4.78 is 0. The second-order valence-electron chi connectivity index (χ2n) is 9.53. The number of hydrogen-bond donors (Lipinski definition) is 5. The fourth-order valence-electron chi connectivity index (χ4n) is 5.76. The SMILES string of the molecule is CON(C)Cc1ccc(O)c2c1C[C@@H]1C[C@@H]3[C@H](N(C)C)C(=O)C(C(N)=O)=C(O)[C@]3(O)C(=O)C1=C2O. The minimum Gasteiger partial charge on any atom is -0.508 e. The fourth-order valence-corrected chi connectivity index (χ4v) is 5.76. The molecule has 1 fully saturated rings. The molecule has 0 unspecified atom stereocenters. The maximum atomic E-state index is 13.8. The number of nitrogens with zero attached hydrogens (tertiary/aromatic N) is 2. The van der Waals surface area contributed by atoms with E-state index in [0.29, 0.717) is 12.1 Å². The van der Waals surface area contributed by atoms with E-state index in [1.165, 1.54) is 18.1 Å². The molecular formula is C24H29N3O8. The molecule has 0 aliphatic heterocycles. The smallest absolute Gasteiger partial charge is 0.255 e. The summed E-state index contributed by atoms with van der Waals surface area (Å²) in [4.78, 5) is 45.5. The monoisotopic (exact) mass is 487 g/mol. The van der Waals surface area contributed by atoms with E-state index in [0.717, 1.165) is 5.56 Å². The van der Waals surface area contributed by atoms with Crippen molar-refractivity contribution in [3.8, 4) is 5.75 Å². The van der Waals surface area contributed by atoms with Crippen molar-refractivity contribution in [3.63, 3.8) is 0 Å². The Morgan fingerprint density at radius 2 is 1.86 bits per heavy atom. The Labute approximate surface area is 201 Å². The summed E-state index contributed by atoms with van der Waals surface area (Å²) in [6.07, 6.45) is 0.275. The normalized spacial score (nSPS) is 28.4. The lowest BCUT2D eigenvalue weighted by molar-refractivity contribution is -0.153. The summed E-state index contributed by atoms with van der Waals surface area (Å²) in [5.41, 5.74) is 3.09. The van der Waals surface area contributed by atoms with Crippen LogP contribution in [0.15, 0.2) is 29.0 Å². The Balaban J connectivity index is 1.94. The fraction of sp³-hybridized carbons (Fsp3) is 0.458. The quantitative estimate of drug-likeness (QED) is 0.280. The van der Waals surface area contributed by atoms with Gasteiger partial charge >= 0.3 is 0 Å². The highest BCUT2D eigenvalue weighted by Gasteiger charge is 2.64. The topological polar surface area (TPSA) is 174 Å². The first-order valence-electron chi connectivity index (χ1n) is 11.1. The van der Waals surface area contributed by atoms with E-state index in [1.54, 1.807) is 32.3 Å². The van der Waals surface area contributed by atoms with E-state index in [-0.39, 0.29) is 29.7 Å². The van der Waals surface area contributed by atoms with Crippen LogP contribution in [0.5, 0.6) is 5.75 Å². The molecule has 0 saturated heterocycles. The third-order valence-corrected chi connectivity index (χ3v) is 7.41. The summed E-state index contributed by atoms with van der Waals surface area (Å²) in [6.45, 7) is 0.333. The zero-order valence-electron chi connectivity index (χ0n) is 19.9. The van der Waals surface area contributed by atoms with Crippen LogP contribution in [-0.4, -0.2) is 87.8 Å². The lowest BCUT2D eigenvalue weighted by Crippen LogP contribution is -2.65. The number of Topliss-reactive ketones (excluding diaryl/α,β-unsaturated/α-hetero) is 2. The number of nitrogens with two attached hydrogens (primary N) is 1. The van der Waals surface area contributed by atoms with Crippen LogP contribution in [-0.2, 0) is 32.2 Å². The van der Waals surface area contributed by atoms with Crippen LogP contribution in [0.4, 0.5) is 0 Å². The van der Waals surface area contributed by atoms with E-state index < -0.39 is 58.0 Å². The number of aliphatic hydroxyl groups is 3. The molecule has 6 N–H and O–H groups in total. The molecular weight excluding hydrogens is 458 g/mol. The molecule has 0 bridgehead atoms. The summed E-state index contributed by atoms with van der Waals surface area (Å²) in [5, 5.41) is 45.7. The van der Waals surface area contributed by atoms with Crippen LogP contribution in [0, 0.1) is 11.8 Å². The molecule has 3 aliphatic rings.